The molecule has 1 N–H and O–H groups in total. The predicted molar refractivity (Wildman–Crippen MR) is 108 cm³/mol. The first kappa shape index (κ1) is 21.5. The molecule has 1 atom stereocenters. The highest BCUT2D eigenvalue weighted by Crippen LogP contribution is 2.18. The van der Waals surface area contributed by atoms with Crippen molar-refractivity contribution in [3.63, 3.8) is 0 Å². The summed E-state index contributed by atoms with van der Waals surface area (Å²) in [6.45, 7) is 11.7. The fourth-order valence-corrected chi connectivity index (χ4v) is 3.86. The standard InChI is InChI=1S/C20H40N4O2/c1-17-6-10-23(11-7-17)18(2)16-22-20(21-3)24-12-8-19(9-13-24)26-15-5-14-25-4/h17-19H,5-16H2,1-4H3,(H,21,22). The molecule has 0 aromatic heterocycles. The third-order valence-electron chi connectivity index (χ3n) is 5.80. The molecule has 6 nitrogen and oxygen atoms in total. The number of piperidine rings is 2. The van der Waals surface area contributed by atoms with Crippen LogP contribution in [0.15, 0.2) is 4.99 Å². The third-order valence-corrected chi connectivity index (χ3v) is 5.80. The molecule has 26 heavy (non-hydrogen) atoms. The summed E-state index contributed by atoms with van der Waals surface area (Å²) < 4.78 is 11.0. The molecule has 0 bridgehead atoms. The Hall–Kier alpha value is -0.850. The van der Waals surface area contributed by atoms with Crippen molar-refractivity contribution in [1.29, 1.82) is 0 Å². The van der Waals surface area contributed by atoms with Gasteiger partial charge in [0.2, 0.25) is 0 Å². The van der Waals surface area contributed by atoms with Crippen molar-refractivity contribution in [3.05, 3.63) is 0 Å². The van der Waals surface area contributed by atoms with Gasteiger partial charge in [0.1, 0.15) is 0 Å². The van der Waals surface area contributed by atoms with Gasteiger partial charge in [-0.25, -0.2) is 0 Å². The smallest absolute Gasteiger partial charge is 0.193 e. The van der Waals surface area contributed by atoms with E-state index in [4.69, 9.17) is 9.47 Å². The second-order valence-corrected chi connectivity index (χ2v) is 7.90. The number of nitrogens with one attached hydrogen (secondary N) is 1. The van der Waals surface area contributed by atoms with Crippen molar-refractivity contribution < 1.29 is 9.47 Å². The van der Waals surface area contributed by atoms with Gasteiger partial charge in [-0.15, -0.1) is 0 Å². The molecule has 6 heteroatoms. The van der Waals surface area contributed by atoms with Crippen molar-refractivity contribution in [2.45, 2.75) is 58.1 Å². The van der Waals surface area contributed by atoms with Crippen LogP contribution in [0.3, 0.4) is 0 Å². The molecular formula is C20H40N4O2. The van der Waals surface area contributed by atoms with E-state index in [1.54, 1.807) is 7.11 Å². The Bertz CT molecular complexity index is 403. The average molecular weight is 369 g/mol. The largest absolute Gasteiger partial charge is 0.385 e. The molecule has 2 rings (SSSR count). The molecule has 2 aliphatic heterocycles. The summed E-state index contributed by atoms with van der Waals surface area (Å²) in [6.07, 6.45) is 6.18. The minimum Gasteiger partial charge on any atom is -0.385 e. The maximum Gasteiger partial charge on any atom is 0.193 e. The number of likely N-dealkylation sites (tertiary alicyclic amines) is 2. The number of methoxy groups -OCH3 is 1. The highest BCUT2D eigenvalue weighted by atomic mass is 16.5. The highest BCUT2D eigenvalue weighted by Gasteiger charge is 2.24. The van der Waals surface area contributed by atoms with Crippen LogP contribution in [0.25, 0.3) is 0 Å². The summed E-state index contributed by atoms with van der Waals surface area (Å²) in [5, 5.41) is 3.60. The van der Waals surface area contributed by atoms with Crippen LogP contribution in [-0.4, -0.2) is 88.0 Å². The van der Waals surface area contributed by atoms with Crippen molar-refractivity contribution in [1.82, 2.24) is 15.1 Å². The number of hydrogen-bond acceptors (Lipinski definition) is 4. The summed E-state index contributed by atoms with van der Waals surface area (Å²) in [5.74, 6) is 1.93. The fourth-order valence-electron chi connectivity index (χ4n) is 3.86. The molecule has 0 aliphatic carbocycles. The molecule has 1 unspecified atom stereocenters. The van der Waals surface area contributed by atoms with Crippen LogP contribution >= 0.6 is 0 Å². The lowest BCUT2D eigenvalue weighted by atomic mass is 9.98. The zero-order valence-corrected chi connectivity index (χ0v) is 17.4. The monoisotopic (exact) mass is 368 g/mol. The van der Waals surface area contributed by atoms with Crippen LogP contribution in [0, 0.1) is 5.92 Å². The first-order valence-corrected chi connectivity index (χ1v) is 10.4. The Labute approximate surface area is 160 Å². The van der Waals surface area contributed by atoms with Crippen LogP contribution < -0.4 is 5.32 Å². The zero-order valence-electron chi connectivity index (χ0n) is 17.4. The highest BCUT2D eigenvalue weighted by molar-refractivity contribution is 5.80. The molecule has 0 saturated carbocycles. The van der Waals surface area contributed by atoms with Gasteiger partial charge in [-0.1, -0.05) is 6.92 Å². The lowest BCUT2D eigenvalue weighted by Gasteiger charge is -2.37. The first-order valence-electron chi connectivity index (χ1n) is 10.4. The van der Waals surface area contributed by atoms with Gasteiger partial charge in [-0.2, -0.15) is 0 Å². The van der Waals surface area contributed by atoms with Gasteiger partial charge >= 0.3 is 0 Å². The molecule has 0 amide bonds. The van der Waals surface area contributed by atoms with E-state index in [0.29, 0.717) is 12.1 Å². The van der Waals surface area contributed by atoms with Crippen LogP contribution in [0.1, 0.15) is 46.0 Å². The quantitative estimate of drug-likeness (QED) is 0.404. The Morgan fingerprint density at radius 1 is 1.12 bits per heavy atom. The zero-order chi connectivity index (χ0) is 18.8. The molecule has 2 saturated heterocycles. The molecule has 0 radical (unpaired) electrons. The van der Waals surface area contributed by atoms with Crippen molar-refractivity contribution in [2.75, 3.05) is 60.1 Å². The van der Waals surface area contributed by atoms with E-state index in [1.807, 2.05) is 7.05 Å². The molecule has 2 aliphatic rings. The lowest BCUT2D eigenvalue weighted by Crippen LogP contribution is -2.51. The van der Waals surface area contributed by atoms with Gasteiger partial charge < -0.3 is 19.7 Å². The van der Waals surface area contributed by atoms with E-state index in [2.05, 4.69) is 34.0 Å². The summed E-state index contributed by atoms with van der Waals surface area (Å²) in [7, 11) is 3.63. The van der Waals surface area contributed by atoms with E-state index >= 15 is 0 Å². The second-order valence-electron chi connectivity index (χ2n) is 7.90. The summed E-state index contributed by atoms with van der Waals surface area (Å²) >= 11 is 0. The lowest BCUT2D eigenvalue weighted by molar-refractivity contribution is 0.00984. The SMILES string of the molecule is CN=C(NCC(C)N1CCC(C)CC1)N1CCC(OCCCOC)CC1. The predicted octanol–water partition coefficient (Wildman–Crippen LogP) is 2.20. The number of rotatable bonds is 8. The molecular weight excluding hydrogens is 328 g/mol. The average Bonchev–Trinajstić information content (AvgIpc) is 2.67. The van der Waals surface area contributed by atoms with E-state index in [-0.39, 0.29) is 0 Å². The van der Waals surface area contributed by atoms with Crippen LogP contribution in [0.4, 0.5) is 0 Å². The maximum atomic E-state index is 5.96. The molecule has 152 valence electrons. The van der Waals surface area contributed by atoms with Gasteiger partial charge in [0.15, 0.2) is 5.96 Å². The Balaban J connectivity index is 1.66. The van der Waals surface area contributed by atoms with E-state index in [9.17, 15) is 0 Å². The number of nitrogens with zero attached hydrogens (tertiary/aromatic N) is 3. The van der Waals surface area contributed by atoms with E-state index in [1.165, 1.54) is 25.9 Å². The van der Waals surface area contributed by atoms with Crippen molar-refractivity contribution in [3.8, 4) is 0 Å². The maximum absolute atomic E-state index is 5.96. The summed E-state index contributed by atoms with van der Waals surface area (Å²) in [6, 6.07) is 0.556. The number of guanidine groups is 1. The van der Waals surface area contributed by atoms with E-state index in [0.717, 1.165) is 64.0 Å². The molecule has 2 heterocycles. The van der Waals surface area contributed by atoms with Crippen LogP contribution in [-0.2, 0) is 9.47 Å². The molecule has 2 fully saturated rings. The van der Waals surface area contributed by atoms with Gasteiger partial charge in [0.25, 0.3) is 0 Å². The van der Waals surface area contributed by atoms with Gasteiger partial charge in [-0.3, -0.25) is 9.89 Å². The minimum atomic E-state index is 0.385. The molecule has 0 spiro atoms. The third kappa shape index (κ3) is 7.05. The number of aliphatic imine (C=N–C) groups is 1. The number of ether oxygens (including phenoxy) is 2. The molecule has 0 aromatic rings. The normalized spacial score (nSPS) is 22.6. The summed E-state index contributed by atoms with van der Waals surface area (Å²) in [5.41, 5.74) is 0. The second kappa shape index (κ2) is 11.8. The number of hydrogen-bond donors (Lipinski definition) is 1. The van der Waals surface area contributed by atoms with Gasteiger partial charge in [0.05, 0.1) is 6.10 Å². The van der Waals surface area contributed by atoms with E-state index < -0.39 is 0 Å². The van der Waals surface area contributed by atoms with Crippen LogP contribution in [0.2, 0.25) is 0 Å². The first-order chi connectivity index (χ1) is 12.6. The fraction of sp³-hybridized carbons (Fsp3) is 0.950. The minimum absolute atomic E-state index is 0.385. The Morgan fingerprint density at radius 3 is 2.42 bits per heavy atom. The summed E-state index contributed by atoms with van der Waals surface area (Å²) in [4.78, 5) is 9.49. The van der Waals surface area contributed by atoms with Gasteiger partial charge in [-0.05, 0) is 58.0 Å². The molecule has 0 aromatic carbocycles. The van der Waals surface area contributed by atoms with Crippen LogP contribution in [0.5, 0.6) is 0 Å². The van der Waals surface area contributed by atoms with Crippen molar-refractivity contribution in [2.24, 2.45) is 10.9 Å². The topological polar surface area (TPSA) is 49.3 Å². The Kier molecular flexibility index (Phi) is 9.72. The van der Waals surface area contributed by atoms with Crippen molar-refractivity contribution >= 4 is 5.96 Å². The Morgan fingerprint density at radius 2 is 1.81 bits per heavy atom. The van der Waals surface area contributed by atoms with Gasteiger partial charge in [0, 0.05) is 53.0 Å².